The number of nitro groups is 1. The molecular formula is C24H17BrFN3O5. The van der Waals surface area contributed by atoms with Crippen LogP contribution in [0, 0.1) is 15.9 Å². The summed E-state index contributed by atoms with van der Waals surface area (Å²) >= 11 is 3.43. The molecule has 1 aliphatic rings. The van der Waals surface area contributed by atoms with Crippen LogP contribution in [0.4, 0.5) is 14.9 Å². The second-order valence-corrected chi connectivity index (χ2v) is 8.26. The normalized spacial score (nSPS) is 14.4. The number of nitrogens with one attached hydrogen (secondary N) is 1. The van der Waals surface area contributed by atoms with Crippen molar-refractivity contribution in [2.45, 2.75) is 13.2 Å². The summed E-state index contributed by atoms with van der Waals surface area (Å²) in [6.07, 6.45) is 1.55. The first-order chi connectivity index (χ1) is 16.3. The quantitative estimate of drug-likeness (QED) is 0.198. The topological polar surface area (TPSA) is 102 Å². The summed E-state index contributed by atoms with van der Waals surface area (Å²) in [5, 5.41) is 13.3. The molecule has 0 atom stereocenters. The molecule has 3 aromatic carbocycles. The Bertz CT molecular complexity index is 1290. The Morgan fingerprint density at radius 2 is 1.71 bits per heavy atom. The summed E-state index contributed by atoms with van der Waals surface area (Å²) in [6, 6.07) is 16.3. The maximum atomic E-state index is 13.1. The Balaban J connectivity index is 1.42. The minimum Gasteiger partial charge on any atom is -0.488 e. The maximum Gasteiger partial charge on any atom is 0.329 e. The minimum absolute atomic E-state index is 0.00658. The van der Waals surface area contributed by atoms with E-state index in [4.69, 9.17) is 4.74 Å². The highest BCUT2D eigenvalue weighted by molar-refractivity contribution is 9.10. The third kappa shape index (κ3) is 5.29. The number of halogens is 2. The maximum absolute atomic E-state index is 13.1. The summed E-state index contributed by atoms with van der Waals surface area (Å²) in [5.74, 6) is -0.337. The van der Waals surface area contributed by atoms with Crippen LogP contribution in [-0.2, 0) is 17.9 Å². The molecule has 3 aromatic rings. The van der Waals surface area contributed by atoms with Crippen LogP contribution < -0.4 is 10.1 Å². The van der Waals surface area contributed by atoms with Crippen molar-refractivity contribution < 1.29 is 23.6 Å². The van der Waals surface area contributed by atoms with Crippen molar-refractivity contribution in [3.05, 3.63) is 110 Å². The van der Waals surface area contributed by atoms with Gasteiger partial charge in [-0.1, -0.05) is 18.2 Å². The lowest BCUT2D eigenvalue weighted by molar-refractivity contribution is -0.384. The summed E-state index contributed by atoms with van der Waals surface area (Å²) in [7, 11) is 0. The van der Waals surface area contributed by atoms with Gasteiger partial charge < -0.3 is 10.1 Å². The lowest BCUT2D eigenvalue weighted by Crippen LogP contribution is -2.30. The van der Waals surface area contributed by atoms with Gasteiger partial charge in [0.25, 0.3) is 11.6 Å². The number of nitro benzene ring substituents is 1. The van der Waals surface area contributed by atoms with Gasteiger partial charge in [0.05, 0.1) is 15.9 Å². The van der Waals surface area contributed by atoms with Crippen LogP contribution in [0.1, 0.15) is 16.7 Å². The smallest absolute Gasteiger partial charge is 0.329 e. The second kappa shape index (κ2) is 9.84. The van der Waals surface area contributed by atoms with Crippen molar-refractivity contribution in [1.82, 2.24) is 10.2 Å². The highest BCUT2D eigenvalue weighted by Gasteiger charge is 2.33. The Morgan fingerprint density at radius 3 is 2.35 bits per heavy atom. The Hall–Kier alpha value is -4.05. The van der Waals surface area contributed by atoms with Gasteiger partial charge >= 0.3 is 6.03 Å². The number of carbonyl (C=O) groups is 2. The number of rotatable bonds is 7. The molecule has 0 aromatic heterocycles. The van der Waals surface area contributed by atoms with Crippen LogP contribution in [0.2, 0.25) is 0 Å². The monoisotopic (exact) mass is 525 g/mol. The van der Waals surface area contributed by atoms with Gasteiger partial charge in [-0.3, -0.25) is 19.8 Å². The minimum atomic E-state index is -0.553. The van der Waals surface area contributed by atoms with E-state index >= 15 is 0 Å². The third-order valence-electron chi connectivity index (χ3n) is 5.02. The number of amides is 3. The van der Waals surface area contributed by atoms with E-state index in [1.807, 2.05) is 0 Å². The van der Waals surface area contributed by atoms with E-state index in [9.17, 15) is 24.1 Å². The molecule has 0 radical (unpaired) electrons. The summed E-state index contributed by atoms with van der Waals surface area (Å²) < 4.78 is 19.5. The third-order valence-corrected chi connectivity index (χ3v) is 5.64. The van der Waals surface area contributed by atoms with Crippen molar-refractivity contribution in [2.24, 2.45) is 0 Å². The number of nitrogens with zero attached hydrogens (tertiary/aromatic N) is 2. The van der Waals surface area contributed by atoms with Crippen molar-refractivity contribution in [3.8, 4) is 5.75 Å². The Morgan fingerprint density at radius 1 is 1.03 bits per heavy atom. The molecule has 0 spiro atoms. The zero-order valence-corrected chi connectivity index (χ0v) is 19.1. The van der Waals surface area contributed by atoms with Crippen LogP contribution in [0.25, 0.3) is 6.08 Å². The summed E-state index contributed by atoms with van der Waals surface area (Å²) in [4.78, 5) is 36.3. The predicted octanol–water partition coefficient (Wildman–Crippen LogP) is 5.17. The molecule has 0 bridgehead atoms. The Kier molecular flexibility index (Phi) is 6.69. The molecule has 1 fully saturated rings. The first-order valence-corrected chi connectivity index (χ1v) is 10.8. The van der Waals surface area contributed by atoms with E-state index in [0.29, 0.717) is 21.3 Å². The molecule has 0 saturated carbocycles. The lowest BCUT2D eigenvalue weighted by atomic mass is 10.1. The lowest BCUT2D eigenvalue weighted by Gasteiger charge is -2.11. The van der Waals surface area contributed by atoms with Crippen molar-refractivity contribution >= 4 is 39.6 Å². The SMILES string of the molecule is O=C1N/C(=C/c2ccc(OCc3ccc([N+](=O)[O-])cc3)c(Br)c2)C(=O)N1Cc1ccc(F)cc1. The van der Waals surface area contributed by atoms with Crippen molar-refractivity contribution in [1.29, 1.82) is 0 Å². The van der Waals surface area contributed by atoms with Gasteiger partial charge in [0, 0.05) is 12.1 Å². The highest BCUT2D eigenvalue weighted by atomic mass is 79.9. The summed E-state index contributed by atoms with van der Waals surface area (Å²) in [5.41, 5.74) is 2.18. The van der Waals surface area contributed by atoms with E-state index in [2.05, 4.69) is 21.2 Å². The average molecular weight is 526 g/mol. The molecule has 1 aliphatic heterocycles. The average Bonchev–Trinajstić information content (AvgIpc) is 3.07. The number of hydrogen-bond donors (Lipinski definition) is 1. The van der Waals surface area contributed by atoms with Gasteiger partial charge in [-0.2, -0.15) is 0 Å². The first-order valence-electron chi connectivity index (χ1n) is 10.0. The van der Waals surface area contributed by atoms with Gasteiger partial charge in [0.15, 0.2) is 0 Å². The fourth-order valence-corrected chi connectivity index (χ4v) is 3.76. The van der Waals surface area contributed by atoms with Crippen LogP contribution in [0.15, 0.2) is 76.9 Å². The van der Waals surface area contributed by atoms with Gasteiger partial charge in [0.1, 0.15) is 23.9 Å². The van der Waals surface area contributed by atoms with Crippen LogP contribution in [0.5, 0.6) is 5.75 Å². The van der Waals surface area contributed by atoms with Crippen LogP contribution >= 0.6 is 15.9 Å². The largest absolute Gasteiger partial charge is 0.488 e. The highest BCUT2D eigenvalue weighted by Crippen LogP contribution is 2.28. The number of benzene rings is 3. The van der Waals surface area contributed by atoms with Crippen molar-refractivity contribution in [2.75, 3.05) is 0 Å². The van der Waals surface area contributed by atoms with Crippen molar-refractivity contribution in [3.63, 3.8) is 0 Å². The van der Waals surface area contributed by atoms with Gasteiger partial charge in [0.2, 0.25) is 0 Å². The predicted molar refractivity (Wildman–Crippen MR) is 125 cm³/mol. The molecule has 34 heavy (non-hydrogen) atoms. The molecule has 172 valence electrons. The molecule has 3 amide bonds. The van der Waals surface area contributed by atoms with E-state index in [0.717, 1.165) is 10.5 Å². The number of non-ortho nitro benzene ring substituents is 1. The van der Waals surface area contributed by atoms with E-state index in [1.54, 1.807) is 36.4 Å². The molecule has 1 N–H and O–H groups in total. The van der Waals surface area contributed by atoms with Gasteiger partial charge in [-0.05, 0) is 75.1 Å². The molecule has 4 rings (SSSR count). The standard InChI is InChI=1S/C24H17BrFN3O5/c25-20-11-17(5-10-22(20)34-14-16-3-8-19(9-4-16)29(32)33)12-21-23(30)28(24(31)27-21)13-15-1-6-18(26)7-2-15/h1-12H,13-14H2,(H,27,31)/b21-12+. The fourth-order valence-electron chi connectivity index (χ4n) is 3.25. The summed E-state index contributed by atoms with van der Waals surface area (Å²) in [6.45, 7) is 0.241. The number of urea groups is 1. The van der Waals surface area contributed by atoms with E-state index in [-0.39, 0.29) is 24.5 Å². The number of carbonyl (C=O) groups excluding carboxylic acids is 2. The molecule has 0 aliphatic carbocycles. The fraction of sp³-hybridized carbons (Fsp3) is 0.0833. The molecule has 0 unspecified atom stereocenters. The van der Waals surface area contributed by atoms with E-state index < -0.39 is 22.7 Å². The van der Waals surface area contributed by atoms with Crippen LogP contribution in [0.3, 0.4) is 0 Å². The van der Waals surface area contributed by atoms with Crippen LogP contribution in [-0.4, -0.2) is 21.8 Å². The molecule has 8 nitrogen and oxygen atoms in total. The Labute approximate surface area is 201 Å². The van der Waals surface area contributed by atoms with E-state index in [1.165, 1.54) is 36.4 Å². The molecular weight excluding hydrogens is 509 g/mol. The molecule has 10 heteroatoms. The number of imide groups is 1. The zero-order chi connectivity index (χ0) is 24.2. The number of ether oxygens (including phenoxy) is 1. The first kappa shape index (κ1) is 23.1. The van der Waals surface area contributed by atoms with Gasteiger partial charge in [-0.25, -0.2) is 9.18 Å². The van der Waals surface area contributed by atoms with Gasteiger partial charge in [-0.15, -0.1) is 0 Å². The molecule has 1 saturated heterocycles. The zero-order valence-electron chi connectivity index (χ0n) is 17.5. The number of hydrogen-bond acceptors (Lipinski definition) is 5. The molecule has 1 heterocycles. The second-order valence-electron chi connectivity index (χ2n) is 7.41.